The molecule has 0 bridgehead atoms. The third-order valence-electron chi connectivity index (χ3n) is 2.95. The summed E-state index contributed by atoms with van der Waals surface area (Å²) >= 11 is 0. The molecule has 0 amide bonds. The van der Waals surface area contributed by atoms with Crippen molar-refractivity contribution in [3.05, 3.63) is 35.9 Å². The zero-order valence-corrected chi connectivity index (χ0v) is 11.8. The quantitative estimate of drug-likeness (QED) is 0.777. The lowest BCUT2D eigenvalue weighted by atomic mass is 10.1. The number of rotatable bonds is 5. The molecular formula is C14H16N2O4. The Kier molecular flexibility index (Phi) is 3.93. The first-order valence-corrected chi connectivity index (χ1v) is 5.94. The van der Waals surface area contributed by atoms with Crippen LogP contribution in [0, 0.1) is 0 Å². The molecule has 0 saturated heterocycles. The van der Waals surface area contributed by atoms with E-state index in [1.165, 1.54) is 21.3 Å². The summed E-state index contributed by atoms with van der Waals surface area (Å²) in [7, 11) is 6.29. The molecule has 1 aromatic heterocycles. The maximum Gasteiger partial charge on any atom is 0.228 e. The van der Waals surface area contributed by atoms with Gasteiger partial charge in [0.05, 0.1) is 21.3 Å². The van der Waals surface area contributed by atoms with Crippen LogP contribution < -0.4 is 14.2 Å². The molecule has 2 rings (SSSR count). The normalized spacial score (nSPS) is 10.2. The highest BCUT2D eigenvalue weighted by Gasteiger charge is 2.20. The van der Waals surface area contributed by atoms with E-state index in [4.69, 9.17) is 14.2 Å². The fourth-order valence-electron chi connectivity index (χ4n) is 1.93. The van der Waals surface area contributed by atoms with Gasteiger partial charge >= 0.3 is 0 Å². The average molecular weight is 276 g/mol. The van der Waals surface area contributed by atoms with E-state index in [1.54, 1.807) is 36.1 Å². The molecule has 2 aromatic rings. The molecule has 0 spiro atoms. The summed E-state index contributed by atoms with van der Waals surface area (Å²) in [6.45, 7) is 0. The number of methoxy groups -OCH3 is 3. The fraction of sp³-hybridized carbons (Fsp3) is 0.286. The van der Waals surface area contributed by atoms with Crippen LogP contribution in [-0.2, 0) is 7.05 Å². The van der Waals surface area contributed by atoms with E-state index in [1.807, 2.05) is 0 Å². The molecule has 6 nitrogen and oxygen atoms in total. The molecule has 0 radical (unpaired) electrons. The van der Waals surface area contributed by atoms with Crippen LogP contribution in [0.25, 0.3) is 0 Å². The summed E-state index contributed by atoms with van der Waals surface area (Å²) in [5.41, 5.74) is 0.425. The van der Waals surface area contributed by atoms with Crippen molar-refractivity contribution < 1.29 is 19.0 Å². The van der Waals surface area contributed by atoms with Gasteiger partial charge in [0.25, 0.3) is 0 Å². The second kappa shape index (κ2) is 5.64. The number of imidazole rings is 1. The predicted octanol–water partition coefficient (Wildman–Crippen LogP) is 1.68. The maximum atomic E-state index is 12.4. The maximum absolute atomic E-state index is 12.4. The highest BCUT2D eigenvalue weighted by atomic mass is 16.5. The number of ketones is 1. The number of aromatic nitrogens is 2. The van der Waals surface area contributed by atoms with Crippen LogP contribution in [0.15, 0.2) is 24.5 Å². The summed E-state index contributed by atoms with van der Waals surface area (Å²) in [4.78, 5) is 16.5. The van der Waals surface area contributed by atoms with Crippen LogP contribution >= 0.6 is 0 Å². The molecule has 0 fully saturated rings. The number of benzene rings is 1. The molecule has 106 valence electrons. The number of aryl methyl sites for hydroxylation is 1. The summed E-state index contributed by atoms with van der Waals surface area (Å²) in [5, 5.41) is 0. The van der Waals surface area contributed by atoms with Crippen molar-refractivity contribution in [2.75, 3.05) is 21.3 Å². The van der Waals surface area contributed by atoms with Crippen molar-refractivity contribution in [3.63, 3.8) is 0 Å². The summed E-state index contributed by atoms with van der Waals surface area (Å²) in [6, 6.07) is 3.22. The number of carbonyl (C=O) groups excluding carboxylic acids is 1. The van der Waals surface area contributed by atoms with E-state index < -0.39 is 0 Å². The number of hydrogen-bond donors (Lipinski definition) is 0. The van der Waals surface area contributed by atoms with Crippen molar-refractivity contribution in [1.29, 1.82) is 0 Å². The summed E-state index contributed by atoms with van der Waals surface area (Å²) < 4.78 is 17.3. The van der Waals surface area contributed by atoms with Gasteiger partial charge in [-0.05, 0) is 12.1 Å². The molecule has 0 saturated carbocycles. The van der Waals surface area contributed by atoms with Gasteiger partial charge in [-0.2, -0.15) is 0 Å². The van der Waals surface area contributed by atoms with Crippen molar-refractivity contribution in [3.8, 4) is 17.2 Å². The van der Waals surface area contributed by atoms with E-state index in [2.05, 4.69) is 4.98 Å². The Morgan fingerprint density at radius 1 is 1.10 bits per heavy atom. The standard InChI is InChI=1S/C14H16N2O4/c1-16-6-5-15-14(16)12(17)9-7-10(18-2)13(20-4)11(8-9)19-3/h5-8H,1-4H3. The third kappa shape index (κ3) is 2.32. The van der Waals surface area contributed by atoms with Gasteiger partial charge in [0.1, 0.15) is 0 Å². The highest BCUT2D eigenvalue weighted by molar-refractivity contribution is 6.07. The van der Waals surface area contributed by atoms with Gasteiger partial charge in [0.2, 0.25) is 11.5 Å². The number of ether oxygens (including phenoxy) is 3. The predicted molar refractivity (Wildman–Crippen MR) is 72.7 cm³/mol. The van der Waals surface area contributed by atoms with Crippen LogP contribution in [0.2, 0.25) is 0 Å². The van der Waals surface area contributed by atoms with Gasteiger partial charge in [-0.3, -0.25) is 4.79 Å². The van der Waals surface area contributed by atoms with E-state index >= 15 is 0 Å². The molecular weight excluding hydrogens is 260 g/mol. The zero-order chi connectivity index (χ0) is 14.7. The van der Waals surface area contributed by atoms with Gasteiger partial charge in [0, 0.05) is 25.0 Å². The number of hydrogen-bond acceptors (Lipinski definition) is 5. The Balaban J connectivity index is 2.53. The highest BCUT2D eigenvalue weighted by Crippen LogP contribution is 2.38. The first-order valence-electron chi connectivity index (χ1n) is 5.94. The number of nitrogens with zero attached hydrogens (tertiary/aromatic N) is 2. The molecule has 0 aliphatic carbocycles. The largest absolute Gasteiger partial charge is 0.493 e. The van der Waals surface area contributed by atoms with Gasteiger partial charge in [-0.25, -0.2) is 4.98 Å². The summed E-state index contributed by atoms with van der Waals surface area (Å²) in [6.07, 6.45) is 3.29. The molecule has 1 aromatic carbocycles. The van der Waals surface area contributed by atoms with Crippen molar-refractivity contribution in [2.24, 2.45) is 7.05 Å². The molecule has 0 unspecified atom stereocenters. The molecule has 0 N–H and O–H groups in total. The van der Waals surface area contributed by atoms with Gasteiger partial charge in [0.15, 0.2) is 17.3 Å². The van der Waals surface area contributed by atoms with Gasteiger partial charge in [-0.1, -0.05) is 0 Å². The fourth-order valence-corrected chi connectivity index (χ4v) is 1.93. The topological polar surface area (TPSA) is 62.6 Å². The second-order valence-corrected chi connectivity index (χ2v) is 4.10. The van der Waals surface area contributed by atoms with E-state index in [9.17, 15) is 4.79 Å². The van der Waals surface area contributed by atoms with E-state index in [0.717, 1.165) is 0 Å². The molecule has 6 heteroatoms. The van der Waals surface area contributed by atoms with Gasteiger partial charge < -0.3 is 18.8 Å². The smallest absolute Gasteiger partial charge is 0.228 e. The van der Waals surface area contributed by atoms with Crippen molar-refractivity contribution >= 4 is 5.78 Å². The minimum atomic E-state index is -0.211. The minimum Gasteiger partial charge on any atom is -0.493 e. The van der Waals surface area contributed by atoms with Crippen LogP contribution in [-0.4, -0.2) is 36.7 Å². The Bertz CT molecular complexity index is 609. The minimum absolute atomic E-state index is 0.211. The van der Waals surface area contributed by atoms with Crippen LogP contribution in [0.4, 0.5) is 0 Å². The monoisotopic (exact) mass is 276 g/mol. The molecule has 0 aliphatic rings. The van der Waals surface area contributed by atoms with Crippen LogP contribution in [0.5, 0.6) is 17.2 Å². The first-order chi connectivity index (χ1) is 9.62. The molecule has 20 heavy (non-hydrogen) atoms. The lowest BCUT2D eigenvalue weighted by Gasteiger charge is -2.13. The molecule has 0 aliphatic heterocycles. The average Bonchev–Trinajstić information content (AvgIpc) is 2.90. The van der Waals surface area contributed by atoms with E-state index in [-0.39, 0.29) is 5.78 Å². The molecule has 0 atom stereocenters. The number of carbonyl (C=O) groups is 1. The Hall–Kier alpha value is -2.50. The third-order valence-corrected chi connectivity index (χ3v) is 2.95. The SMILES string of the molecule is COc1cc(C(=O)c2nccn2C)cc(OC)c1OC. The van der Waals surface area contributed by atoms with Crippen molar-refractivity contribution in [2.45, 2.75) is 0 Å². The lowest BCUT2D eigenvalue weighted by molar-refractivity contribution is 0.102. The Labute approximate surface area is 116 Å². The van der Waals surface area contributed by atoms with Crippen molar-refractivity contribution in [1.82, 2.24) is 9.55 Å². The second-order valence-electron chi connectivity index (χ2n) is 4.10. The van der Waals surface area contributed by atoms with Gasteiger partial charge in [-0.15, -0.1) is 0 Å². The van der Waals surface area contributed by atoms with Crippen LogP contribution in [0.1, 0.15) is 16.2 Å². The first kappa shape index (κ1) is 13.9. The van der Waals surface area contributed by atoms with Crippen LogP contribution in [0.3, 0.4) is 0 Å². The Morgan fingerprint density at radius 2 is 1.70 bits per heavy atom. The summed E-state index contributed by atoms with van der Waals surface area (Å²) in [5.74, 6) is 1.45. The zero-order valence-electron chi connectivity index (χ0n) is 11.8. The van der Waals surface area contributed by atoms with E-state index in [0.29, 0.717) is 28.6 Å². The molecule has 1 heterocycles. The Morgan fingerprint density at radius 3 is 2.10 bits per heavy atom. The lowest BCUT2D eigenvalue weighted by Crippen LogP contribution is -2.09.